The highest BCUT2D eigenvalue weighted by Gasteiger charge is 2.18. The van der Waals surface area contributed by atoms with E-state index in [1.807, 2.05) is 6.07 Å². The number of halogens is 1. The highest BCUT2D eigenvalue weighted by molar-refractivity contribution is 5.92. The molecule has 0 saturated carbocycles. The minimum atomic E-state index is -0.447. The number of ether oxygens (including phenoxy) is 1. The molecule has 2 aromatic rings. The fourth-order valence-electron chi connectivity index (χ4n) is 2.63. The maximum atomic E-state index is 14.0. The quantitative estimate of drug-likeness (QED) is 0.946. The first kappa shape index (κ1) is 14.5. The normalized spacial score (nSPS) is 14.8. The Hall–Kier alpha value is -2.40. The van der Waals surface area contributed by atoms with Gasteiger partial charge in [-0.25, -0.2) is 4.39 Å². The van der Waals surface area contributed by atoms with Crippen molar-refractivity contribution in [2.75, 3.05) is 13.2 Å². The highest BCUT2D eigenvalue weighted by Crippen LogP contribution is 2.26. The molecule has 0 aliphatic carbocycles. The second-order valence-corrected chi connectivity index (χ2v) is 5.34. The first-order valence-corrected chi connectivity index (χ1v) is 7.15. The maximum Gasteiger partial charge on any atom is 0.248 e. The van der Waals surface area contributed by atoms with Crippen LogP contribution >= 0.6 is 0 Å². The van der Waals surface area contributed by atoms with Gasteiger partial charge in [0.15, 0.2) is 0 Å². The van der Waals surface area contributed by atoms with E-state index in [9.17, 15) is 9.18 Å². The first-order chi connectivity index (χ1) is 10.6. The van der Waals surface area contributed by atoms with Gasteiger partial charge in [0.2, 0.25) is 5.91 Å². The Labute approximate surface area is 128 Å². The number of nitrogens with two attached hydrogens (primary N) is 1. The minimum absolute atomic E-state index is 0.254. The molecule has 0 fully saturated rings. The average Bonchev–Trinajstić information content (AvgIpc) is 2.70. The molecule has 0 radical (unpaired) electrons. The van der Waals surface area contributed by atoms with Gasteiger partial charge in [-0.05, 0) is 29.8 Å². The van der Waals surface area contributed by atoms with E-state index in [4.69, 9.17) is 10.5 Å². The van der Waals surface area contributed by atoms with Gasteiger partial charge in [0.25, 0.3) is 0 Å². The van der Waals surface area contributed by atoms with Crippen LogP contribution in [0.3, 0.4) is 0 Å². The third-order valence-corrected chi connectivity index (χ3v) is 3.74. The SMILES string of the molecule is NC(=O)c1cccc(CN2CCOc3cccc(F)c3C2)c1. The zero-order valence-electron chi connectivity index (χ0n) is 12.1. The van der Waals surface area contributed by atoms with Crippen molar-refractivity contribution in [1.29, 1.82) is 0 Å². The van der Waals surface area contributed by atoms with Crippen molar-refractivity contribution in [3.8, 4) is 5.75 Å². The third-order valence-electron chi connectivity index (χ3n) is 3.74. The Morgan fingerprint density at radius 2 is 2.09 bits per heavy atom. The largest absolute Gasteiger partial charge is 0.492 e. The van der Waals surface area contributed by atoms with Crippen molar-refractivity contribution < 1.29 is 13.9 Å². The number of fused-ring (bicyclic) bond motifs is 1. The molecule has 0 saturated heterocycles. The van der Waals surface area contributed by atoms with Gasteiger partial charge in [0.1, 0.15) is 18.2 Å². The van der Waals surface area contributed by atoms with Gasteiger partial charge in [-0.3, -0.25) is 9.69 Å². The van der Waals surface area contributed by atoms with Gasteiger partial charge in [-0.15, -0.1) is 0 Å². The van der Waals surface area contributed by atoms with E-state index in [1.54, 1.807) is 30.3 Å². The van der Waals surface area contributed by atoms with E-state index < -0.39 is 5.91 Å². The lowest BCUT2D eigenvalue weighted by Crippen LogP contribution is -2.25. The van der Waals surface area contributed by atoms with E-state index >= 15 is 0 Å². The number of carbonyl (C=O) groups is 1. The van der Waals surface area contributed by atoms with Crippen molar-refractivity contribution in [1.82, 2.24) is 4.90 Å². The molecular formula is C17H17FN2O2. The molecule has 2 aromatic carbocycles. The van der Waals surface area contributed by atoms with E-state index in [0.29, 0.717) is 43.1 Å². The Morgan fingerprint density at radius 1 is 1.27 bits per heavy atom. The summed E-state index contributed by atoms with van der Waals surface area (Å²) in [7, 11) is 0. The number of hydrogen-bond acceptors (Lipinski definition) is 3. The molecular weight excluding hydrogens is 283 g/mol. The Bertz CT molecular complexity index is 703. The molecule has 114 valence electrons. The predicted octanol–water partition coefficient (Wildman–Crippen LogP) is 2.32. The van der Waals surface area contributed by atoms with Crippen LogP contribution in [0.15, 0.2) is 42.5 Å². The van der Waals surface area contributed by atoms with Crippen LogP contribution in [0.25, 0.3) is 0 Å². The monoisotopic (exact) mass is 300 g/mol. The topological polar surface area (TPSA) is 55.6 Å². The molecule has 1 heterocycles. The third kappa shape index (κ3) is 3.09. The van der Waals surface area contributed by atoms with E-state index in [2.05, 4.69) is 4.90 Å². The summed E-state index contributed by atoms with van der Waals surface area (Å²) >= 11 is 0. The van der Waals surface area contributed by atoms with Crippen LogP contribution in [0.1, 0.15) is 21.5 Å². The number of benzene rings is 2. The summed E-state index contributed by atoms with van der Waals surface area (Å²) in [6.45, 7) is 2.28. The number of primary amides is 1. The minimum Gasteiger partial charge on any atom is -0.492 e. The lowest BCUT2D eigenvalue weighted by molar-refractivity contribution is 0.1000. The Kier molecular flexibility index (Phi) is 4.06. The van der Waals surface area contributed by atoms with Crippen LogP contribution in [-0.2, 0) is 13.1 Å². The second kappa shape index (κ2) is 6.15. The lowest BCUT2D eigenvalue weighted by Gasteiger charge is -2.19. The molecule has 0 atom stereocenters. The lowest BCUT2D eigenvalue weighted by atomic mass is 10.1. The van der Waals surface area contributed by atoms with Crippen molar-refractivity contribution in [3.05, 3.63) is 65.0 Å². The predicted molar refractivity (Wildman–Crippen MR) is 81.0 cm³/mol. The van der Waals surface area contributed by atoms with Gasteiger partial charge < -0.3 is 10.5 Å². The molecule has 0 bridgehead atoms. The van der Waals surface area contributed by atoms with Crippen LogP contribution in [0.5, 0.6) is 5.75 Å². The summed E-state index contributed by atoms with van der Waals surface area (Å²) in [6, 6.07) is 12.1. The van der Waals surface area contributed by atoms with Crippen LogP contribution in [-0.4, -0.2) is 24.0 Å². The molecule has 0 unspecified atom stereocenters. The smallest absolute Gasteiger partial charge is 0.248 e. The van der Waals surface area contributed by atoms with Gasteiger partial charge >= 0.3 is 0 Å². The molecule has 22 heavy (non-hydrogen) atoms. The number of amides is 1. The second-order valence-electron chi connectivity index (χ2n) is 5.34. The molecule has 1 amide bonds. The Morgan fingerprint density at radius 3 is 2.91 bits per heavy atom. The molecule has 1 aliphatic heterocycles. The molecule has 1 aliphatic rings. The van der Waals surface area contributed by atoms with Gasteiger partial charge in [-0.1, -0.05) is 18.2 Å². The molecule has 0 spiro atoms. The van der Waals surface area contributed by atoms with Crippen LogP contribution in [0.2, 0.25) is 0 Å². The van der Waals surface area contributed by atoms with Crippen LogP contribution < -0.4 is 10.5 Å². The highest BCUT2D eigenvalue weighted by atomic mass is 19.1. The number of nitrogens with zero attached hydrogens (tertiary/aromatic N) is 1. The standard InChI is InChI=1S/C17H17FN2O2/c18-15-5-2-6-16-14(15)11-20(7-8-22-16)10-12-3-1-4-13(9-12)17(19)21/h1-6,9H,7-8,10-11H2,(H2,19,21). The molecule has 3 rings (SSSR count). The first-order valence-electron chi connectivity index (χ1n) is 7.15. The number of rotatable bonds is 3. The summed E-state index contributed by atoms with van der Waals surface area (Å²) in [4.78, 5) is 13.3. The fourth-order valence-corrected chi connectivity index (χ4v) is 2.63. The summed E-state index contributed by atoms with van der Waals surface area (Å²) in [5, 5.41) is 0. The Balaban J connectivity index is 1.80. The molecule has 5 heteroatoms. The van der Waals surface area contributed by atoms with E-state index in [-0.39, 0.29) is 5.82 Å². The van der Waals surface area contributed by atoms with Crippen molar-refractivity contribution >= 4 is 5.91 Å². The number of hydrogen-bond donors (Lipinski definition) is 1. The van der Waals surface area contributed by atoms with Crippen LogP contribution in [0.4, 0.5) is 4.39 Å². The van der Waals surface area contributed by atoms with Crippen molar-refractivity contribution in [2.45, 2.75) is 13.1 Å². The number of carbonyl (C=O) groups excluding carboxylic acids is 1. The van der Waals surface area contributed by atoms with E-state index in [0.717, 1.165) is 5.56 Å². The molecule has 2 N–H and O–H groups in total. The molecule has 4 nitrogen and oxygen atoms in total. The van der Waals surface area contributed by atoms with E-state index in [1.165, 1.54) is 6.07 Å². The maximum absolute atomic E-state index is 14.0. The molecule has 0 aromatic heterocycles. The van der Waals surface area contributed by atoms with Gasteiger partial charge in [0, 0.05) is 30.8 Å². The summed E-state index contributed by atoms with van der Waals surface area (Å²) < 4.78 is 19.6. The zero-order chi connectivity index (χ0) is 15.5. The zero-order valence-corrected chi connectivity index (χ0v) is 12.1. The summed E-state index contributed by atoms with van der Waals surface area (Å²) in [5.74, 6) is -0.0962. The van der Waals surface area contributed by atoms with Gasteiger partial charge in [0.05, 0.1) is 0 Å². The average molecular weight is 300 g/mol. The van der Waals surface area contributed by atoms with Gasteiger partial charge in [-0.2, -0.15) is 0 Å². The summed E-state index contributed by atoms with van der Waals surface area (Å²) in [6.07, 6.45) is 0. The summed E-state index contributed by atoms with van der Waals surface area (Å²) in [5.41, 5.74) is 7.33. The van der Waals surface area contributed by atoms with Crippen LogP contribution in [0, 0.1) is 5.82 Å². The van der Waals surface area contributed by atoms with Crippen molar-refractivity contribution in [3.63, 3.8) is 0 Å². The fraction of sp³-hybridized carbons (Fsp3) is 0.235. The van der Waals surface area contributed by atoms with Crippen molar-refractivity contribution in [2.24, 2.45) is 5.73 Å².